The summed E-state index contributed by atoms with van der Waals surface area (Å²) in [5, 5.41) is 17.3. The Morgan fingerprint density at radius 3 is 2.05 bits per heavy atom. The number of hydrogen-bond acceptors (Lipinski definition) is 6. The molecule has 0 spiro atoms. The number of benzene rings is 2. The lowest BCUT2D eigenvalue weighted by molar-refractivity contribution is -0.134. The number of aromatic nitrogens is 2. The fraction of sp³-hybridized carbons (Fsp3) is 0.280. The molecule has 1 saturated heterocycles. The Kier molecular flexibility index (Phi) is 9.90. The van der Waals surface area contributed by atoms with E-state index in [1.807, 2.05) is 24.3 Å². The molecule has 1 aliphatic rings. The van der Waals surface area contributed by atoms with Gasteiger partial charge in [0.05, 0.1) is 10.9 Å². The Balaban J connectivity index is 0.000000414. The van der Waals surface area contributed by atoms with Gasteiger partial charge in [-0.3, -0.25) is 14.3 Å². The minimum atomic E-state index is -1.26. The number of nitrogens with one attached hydrogen (secondary N) is 1. The van der Waals surface area contributed by atoms with E-state index < -0.39 is 11.9 Å². The number of hydrogen-bond donors (Lipinski definition) is 3. The van der Waals surface area contributed by atoms with Gasteiger partial charge >= 0.3 is 17.6 Å². The highest BCUT2D eigenvalue weighted by molar-refractivity contribution is 6.31. The van der Waals surface area contributed by atoms with Crippen LogP contribution in [0.15, 0.2) is 64.2 Å². The number of H-pyrrole nitrogens is 1. The molecule has 3 aromatic rings. The fourth-order valence-electron chi connectivity index (χ4n) is 3.90. The number of carboxylic acid groups (broad SMARTS) is 2. The van der Waals surface area contributed by atoms with Crippen molar-refractivity contribution in [1.29, 1.82) is 0 Å². The average Bonchev–Trinajstić information content (AvgIpc) is 2.87. The quantitative estimate of drug-likeness (QED) is 0.383. The van der Waals surface area contributed by atoms with E-state index in [1.54, 1.807) is 18.2 Å². The van der Waals surface area contributed by atoms with Gasteiger partial charge in [-0.2, -0.15) is 0 Å². The first kappa shape index (κ1) is 28.0. The highest BCUT2D eigenvalue weighted by Gasteiger charge is 2.17. The van der Waals surface area contributed by atoms with E-state index >= 15 is 0 Å². The Morgan fingerprint density at radius 1 is 0.865 bits per heavy atom. The monoisotopic (exact) mass is 548 g/mol. The fourth-order valence-corrected chi connectivity index (χ4v) is 4.20. The van der Waals surface area contributed by atoms with Crippen LogP contribution in [0.4, 0.5) is 5.69 Å². The maximum Gasteiger partial charge on any atom is 0.328 e. The van der Waals surface area contributed by atoms with E-state index in [9.17, 15) is 19.2 Å². The lowest BCUT2D eigenvalue weighted by atomic mass is 10.2. The predicted molar refractivity (Wildman–Crippen MR) is 143 cm³/mol. The first-order valence-electron chi connectivity index (χ1n) is 11.4. The molecule has 2 aromatic carbocycles. The second-order valence-electron chi connectivity index (χ2n) is 8.25. The molecule has 1 aromatic heterocycles. The molecule has 1 fully saturated rings. The molecule has 0 saturated carbocycles. The number of halogens is 2. The van der Waals surface area contributed by atoms with Crippen LogP contribution >= 0.6 is 23.2 Å². The molecule has 0 radical (unpaired) electrons. The van der Waals surface area contributed by atoms with E-state index in [0.717, 1.165) is 44.2 Å². The second-order valence-corrected chi connectivity index (χ2v) is 9.12. The summed E-state index contributed by atoms with van der Waals surface area (Å²) in [5.41, 5.74) is 1.03. The molecule has 4 rings (SSSR count). The third-order valence-electron chi connectivity index (χ3n) is 5.73. The third kappa shape index (κ3) is 8.21. The summed E-state index contributed by atoms with van der Waals surface area (Å²) in [6, 6.07) is 12.8. The predicted octanol–water partition coefficient (Wildman–Crippen LogP) is 2.92. The number of nitrogens with zero attached hydrogens (tertiary/aromatic N) is 3. The van der Waals surface area contributed by atoms with E-state index in [0.29, 0.717) is 34.6 Å². The third-order valence-corrected chi connectivity index (χ3v) is 6.22. The number of piperazine rings is 1. The van der Waals surface area contributed by atoms with Gasteiger partial charge in [0.2, 0.25) is 0 Å². The van der Waals surface area contributed by atoms with Crippen LogP contribution in [0.2, 0.25) is 10.0 Å². The molecule has 0 atom stereocenters. The van der Waals surface area contributed by atoms with Crippen LogP contribution in [0, 0.1) is 0 Å². The van der Waals surface area contributed by atoms with Gasteiger partial charge < -0.3 is 20.1 Å². The first-order valence-corrected chi connectivity index (χ1v) is 12.2. The minimum absolute atomic E-state index is 0.293. The van der Waals surface area contributed by atoms with Gasteiger partial charge in [-0.05, 0) is 55.4 Å². The zero-order chi connectivity index (χ0) is 26.9. The van der Waals surface area contributed by atoms with E-state index in [-0.39, 0.29) is 11.2 Å². The molecular formula is C25H26Cl2N4O6. The summed E-state index contributed by atoms with van der Waals surface area (Å²) < 4.78 is 1.27. The van der Waals surface area contributed by atoms with Gasteiger partial charge in [-0.1, -0.05) is 23.2 Å². The zero-order valence-electron chi connectivity index (χ0n) is 19.8. The maximum atomic E-state index is 12.7. The average molecular weight is 549 g/mol. The Hall–Kier alpha value is -3.60. The van der Waals surface area contributed by atoms with Gasteiger partial charge in [-0.25, -0.2) is 14.4 Å². The number of anilines is 1. The minimum Gasteiger partial charge on any atom is -0.478 e. The number of aliphatic carboxylic acids is 2. The highest BCUT2D eigenvalue weighted by atomic mass is 35.5. The van der Waals surface area contributed by atoms with Gasteiger partial charge in [0.25, 0.3) is 5.56 Å². The summed E-state index contributed by atoms with van der Waals surface area (Å²) in [6.45, 7) is 5.00. The van der Waals surface area contributed by atoms with E-state index in [2.05, 4.69) is 14.8 Å². The van der Waals surface area contributed by atoms with Crippen LogP contribution in [0.25, 0.3) is 10.9 Å². The molecule has 0 aliphatic carbocycles. The molecule has 196 valence electrons. The van der Waals surface area contributed by atoms with Crippen molar-refractivity contribution in [1.82, 2.24) is 14.5 Å². The SMILES string of the molecule is O=C(O)/C=C/C(=O)O.O=c1[nH]c2ccc(Cl)cc2c(=O)n1CCCN1CCN(c2ccc(Cl)cc2)CC1. The largest absolute Gasteiger partial charge is 0.478 e. The number of carbonyl (C=O) groups is 2. The van der Waals surface area contributed by atoms with Crippen molar-refractivity contribution < 1.29 is 19.8 Å². The molecular weight excluding hydrogens is 523 g/mol. The Morgan fingerprint density at radius 2 is 1.46 bits per heavy atom. The first-order chi connectivity index (χ1) is 17.6. The molecule has 10 nitrogen and oxygen atoms in total. The normalized spacial score (nSPS) is 13.9. The van der Waals surface area contributed by atoms with Crippen molar-refractivity contribution in [2.45, 2.75) is 13.0 Å². The standard InChI is InChI=1S/C21H22Cl2N4O2.C4H4O4/c22-15-2-5-17(6-3-15)26-12-10-25(11-13-26)8-1-9-27-20(28)18-14-16(23)4-7-19(18)24-21(27)29;5-3(6)1-2-4(7)8/h2-7,14H,1,8-13H2,(H,24,29);1-2H,(H,5,6)(H,7,8)/b;2-1+. The molecule has 12 heteroatoms. The van der Waals surface area contributed by atoms with Crippen LogP contribution < -0.4 is 16.1 Å². The highest BCUT2D eigenvalue weighted by Crippen LogP contribution is 2.19. The lowest BCUT2D eigenvalue weighted by Crippen LogP contribution is -2.47. The van der Waals surface area contributed by atoms with Crippen molar-refractivity contribution in [2.75, 3.05) is 37.6 Å². The summed E-state index contributed by atoms with van der Waals surface area (Å²) in [7, 11) is 0. The summed E-state index contributed by atoms with van der Waals surface area (Å²) >= 11 is 12.0. The maximum absolute atomic E-state index is 12.7. The van der Waals surface area contributed by atoms with Gasteiger partial charge in [0, 0.05) is 60.6 Å². The van der Waals surface area contributed by atoms with Gasteiger partial charge in [0.15, 0.2) is 0 Å². The Labute approximate surface area is 222 Å². The molecule has 37 heavy (non-hydrogen) atoms. The number of fused-ring (bicyclic) bond motifs is 1. The van der Waals surface area contributed by atoms with Crippen molar-refractivity contribution in [2.24, 2.45) is 0 Å². The summed E-state index contributed by atoms with van der Waals surface area (Å²) in [4.78, 5) is 51.5. The van der Waals surface area contributed by atoms with Crippen LogP contribution in [0.1, 0.15) is 6.42 Å². The van der Waals surface area contributed by atoms with Crippen molar-refractivity contribution >= 4 is 51.7 Å². The van der Waals surface area contributed by atoms with Crippen molar-refractivity contribution in [3.8, 4) is 0 Å². The number of rotatable bonds is 7. The second kappa shape index (κ2) is 13.1. The molecule has 3 N–H and O–H groups in total. The summed E-state index contributed by atoms with van der Waals surface area (Å²) in [6.07, 6.45) is 1.85. The van der Waals surface area contributed by atoms with Crippen LogP contribution in [0.3, 0.4) is 0 Å². The molecule has 2 heterocycles. The van der Waals surface area contributed by atoms with Crippen molar-refractivity contribution in [3.05, 3.63) is 85.5 Å². The smallest absolute Gasteiger partial charge is 0.328 e. The number of carboxylic acids is 2. The van der Waals surface area contributed by atoms with Crippen LogP contribution in [-0.2, 0) is 16.1 Å². The van der Waals surface area contributed by atoms with Gasteiger partial charge in [-0.15, -0.1) is 0 Å². The van der Waals surface area contributed by atoms with E-state index in [4.69, 9.17) is 33.4 Å². The zero-order valence-corrected chi connectivity index (χ0v) is 21.3. The molecule has 0 amide bonds. The van der Waals surface area contributed by atoms with Crippen LogP contribution in [-0.4, -0.2) is 69.3 Å². The molecule has 0 unspecified atom stereocenters. The van der Waals surface area contributed by atoms with E-state index in [1.165, 1.54) is 10.3 Å². The van der Waals surface area contributed by atoms with Gasteiger partial charge in [0.1, 0.15) is 0 Å². The van der Waals surface area contributed by atoms with Crippen LogP contribution in [0.5, 0.6) is 0 Å². The molecule has 0 bridgehead atoms. The Bertz CT molecular complexity index is 1380. The summed E-state index contributed by atoms with van der Waals surface area (Å²) in [5.74, 6) is -2.51. The topological polar surface area (TPSA) is 136 Å². The molecule has 1 aliphatic heterocycles. The lowest BCUT2D eigenvalue weighted by Gasteiger charge is -2.36. The van der Waals surface area contributed by atoms with Crippen molar-refractivity contribution in [3.63, 3.8) is 0 Å². The number of aromatic amines is 1.